The van der Waals surface area contributed by atoms with E-state index in [4.69, 9.17) is 4.55 Å². The fourth-order valence-electron chi connectivity index (χ4n) is 3.45. The van der Waals surface area contributed by atoms with Gasteiger partial charge in [-0.1, -0.05) is 84.5 Å². The third-order valence-corrected chi connectivity index (χ3v) is 6.04. The van der Waals surface area contributed by atoms with Crippen molar-refractivity contribution in [2.75, 3.05) is 0 Å². The summed E-state index contributed by atoms with van der Waals surface area (Å²) in [5.41, 5.74) is 0.506. The van der Waals surface area contributed by atoms with Crippen LogP contribution < -0.4 is 51.4 Å². The van der Waals surface area contributed by atoms with Gasteiger partial charge in [0, 0.05) is 11.6 Å². The molecule has 0 aromatic heterocycles. The molecule has 0 aliphatic heterocycles. The Bertz CT molecular complexity index is 667. The summed E-state index contributed by atoms with van der Waals surface area (Å²) in [6.45, 7) is 4.18. The molecule has 1 aromatic rings. The SMILES string of the molecule is CCCCCCCCCCCCCC(C)c1cc(O)c(S(=O)(=O)O)cc1O.[H-].[K+]. The zero-order chi connectivity index (χ0) is 20.3. The average Bonchev–Trinajstić information content (AvgIpc) is 2.60. The Kier molecular flexibility index (Phi) is 15.4. The first kappa shape index (κ1) is 28.4. The molecule has 158 valence electrons. The van der Waals surface area contributed by atoms with Crippen molar-refractivity contribution in [2.45, 2.75) is 102 Å². The van der Waals surface area contributed by atoms with Gasteiger partial charge >= 0.3 is 51.4 Å². The summed E-state index contributed by atoms with van der Waals surface area (Å²) < 4.78 is 31.4. The first-order valence-corrected chi connectivity index (χ1v) is 11.7. The van der Waals surface area contributed by atoms with E-state index in [2.05, 4.69) is 6.92 Å². The fourth-order valence-corrected chi connectivity index (χ4v) is 4.03. The number of hydrogen-bond donors (Lipinski definition) is 3. The first-order valence-electron chi connectivity index (χ1n) is 10.3. The summed E-state index contributed by atoms with van der Waals surface area (Å²) in [4.78, 5) is -0.661. The fraction of sp³-hybridized carbons (Fsp3) is 0.714. The van der Waals surface area contributed by atoms with Gasteiger partial charge in [0.1, 0.15) is 16.4 Å². The summed E-state index contributed by atoms with van der Waals surface area (Å²) in [5, 5.41) is 19.9. The molecule has 3 N–H and O–H groups in total. The maximum atomic E-state index is 11.2. The van der Waals surface area contributed by atoms with Crippen LogP contribution in [0.15, 0.2) is 17.0 Å². The molecule has 0 aliphatic rings. The number of unbranched alkanes of at least 4 members (excludes halogenated alkanes) is 10. The van der Waals surface area contributed by atoms with Crippen LogP contribution in [-0.4, -0.2) is 23.2 Å². The third-order valence-electron chi connectivity index (χ3n) is 5.16. The minimum absolute atomic E-state index is 0. The summed E-state index contributed by atoms with van der Waals surface area (Å²) in [5.74, 6) is -0.739. The monoisotopic (exact) mass is 440 g/mol. The minimum Gasteiger partial charge on any atom is -1.00 e. The van der Waals surface area contributed by atoms with Crippen LogP contribution in [-0.2, 0) is 10.1 Å². The molecule has 0 heterocycles. The van der Waals surface area contributed by atoms with E-state index in [1.807, 2.05) is 6.92 Å². The zero-order valence-electron chi connectivity index (χ0n) is 18.8. The van der Waals surface area contributed by atoms with Crippen LogP contribution in [0, 0.1) is 0 Å². The number of rotatable bonds is 14. The molecule has 0 fully saturated rings. The van der Waals surface area contributed by atoms with Gasteiger partial charge in [0.25, 0.3) is 10.1 Å². The number of aromatic hydroxyl groups is 2. The Balaban J connectivity index is 0. The zero-order valence-corrected chi connectivity index (χ0v) is 21.7. The predicted molar refractivity (Wildman–Crippen MR) is 110 cm³/mol. The first-order chi connectivity index (χ1) is 12.8. The van der Waals surface area contributed by atoms with Crippen LogP contribution in [0.4, 0.5) is 0 Å². The van der Waals surface area contributed by atoms with Crippen molar-refractivity contribution in [3.63, 3.8) is 0 Å². The van der Waals surface area contributed by atoms with E-state index in [-0.39, 0.29) is 64.5 Å². The van der Waals surface area contributed by atoms with Gasteiger partial charge in [-0.15, -0.1) is 0 Å². The van der Waals surface area contributed by atoms with Crippen LogP contribution in [0.3, 0.4) is 0 Å². The quantitative estimate of drug-likeness (QED) is 0.179. The molecule has 7 heteroatoms. The second-order valence-electron chi connectivity index (χ2n) is 7.58. The van der Waals surface area contributed by atoms with Gasteiger partial charge in [0.15, 0.2) is 0 Å². The molecule has 0 radical (unpaired) electrons. The smallest absolute Gasteiger partial charge is 1.00 e. The van der Waals surface area contributed by atoms with Crippen molar-refractivity contribution < 1.29 is 76.0 Å². The van der Waals surface area contributed by atoms with Crippen molar-refractivity contribution in [1.82, 2.24) is 0 Å². The molecule has 1 aromatic carbocycles. The number of benzene rings is 1. The molecule has 0 amide bonds. The van der Waals surface area contributed by atoms with Gasteiger partial charge in [0.05, 0.1) is 0 Å². The Morgan fingerprint density at radius 2 is 1.32 bits per heavy atom. The maximum absolute atomic E-state index is 11.2. The van der Waals surface area contributed by atoms with Crippen LogP contribution >= 0.6 is 0 Å². The molecule has 0 spiro atoms. The van der Waals surface area contributed by atoms with Crippen molar-refractivity contribution in [3.8, 4) is 11.5 Å². The molecule has 1 unspecified atom stereocenters. The van der Waals surface area contributed by atoms with E-state index in [1.54, 1.807) is 0 Å². The Morgan fingerprint density at radius 1 is 0.857 bits per heavy atom. The van der Waals surface area contributed by atoms with Gasteiger partial charge in [-0.25, -0.2) is 0 Å². The van der Waals surface area contributed by atoms with Crippen molar-refractivity contribution in [3.05, 3.63) is 17.7 Å². The summed E-state index contributed by atoms with van der Waals surface area (Å²) in [6, 6.07) is 2.15. The van der Waals surface area contributed by atoms with E-state index < -0.39 is 20.8 Å². The molecular weight excluding hydrogens is 403 g/mol. The van der Waals surface area contributed by atoms with Crippen molar-refractivity contribution >= 4 is 10.1 Å². The molecule has 0 saturated heterocycles. The third kappa shape index (κ3) is 10.9. The Labute approximate surface area is 215 Å². The minimum atomic E-state index is -4.55. The maximum Gasteiger partial charge on any atom is 1.00 e. The van der Waals surface area contributed by atoms with Crippen LogP contribution in [0.25, 0.3) is 0 Å². The van der Waals surface area contributed by atoms with Gasteiger partial charge in [0.2, 0.25) is 0 Å². The molecule has 0 saturated carbocycles. The summed E-state index contributed by atoms with van der Waals surface area (Å²) in [7, 11) is -4.55. The number of phenols is 2. The molecule has 1 atom stereocenters. The van der Waals surface area contributed by atoms with Gasteiger partial charge in [-0.2, -0.15) is 8.42 Å². The van der Waals surface area contributed by atoms with E-state index in [0.29, 0.717) is 5.56 Å². The van der Waals surface area contributed by atoms with Gasteiger partial charge in [-0.05, 0) is 18.4 Å². The normalized spacial score (nSPS) is 12.5. The Morgan fingerprint density at radius 3 is 1.79 bits per heavy atom. The van der Waals surface area contributed by atoms with Crippen LogP contribution in [0.5, 0.6) is 11.5 Å². The number of hydrogen-bond acceptors (Lipinski definition) is 4. The van der Waals surface area contributed by atoms with Gasteiger partial charge in [-0.3, -0.25) is 4.55 Å². The molecular formula is C21H37KO5S. The van der Waals surface area contributed by atoms with E-state index in [0.717, 1.165) is 25.3 Å². The van der Waals surface area contributed by atoms with E-state index in [1.165, 1.54) is 63.9 Å². The molecule has 0 aliphatic carbocycles. The summed E-state index contributed by atoms with van der Waals surface area (Å²) >= 11 is 0. The second-order valence-corrected chi connectivity index (χ2v) is 8.97. The molecule has 5 nitrogen and oxygen atoms in total. The summed E-state index contributed by atoms with van der Waals surface area (Å²) in [6.07, 6.45) is 14.8. The predicted octanol–water partition coefficient (Wildman–Crippen LogP) is 3.27. The largest absolute Gasteiger partial charge is 1.00 e. The molecule has 0 bridgehead atoms. The molecule has 28 heavy (non-hydrogen) atoms. The van der Waals surface area contributed by atoms with Crippen molar-refractivity contribution in [2.24, 2.45) is 0 Å². The Hall–Kier alpha value is 0.366. The average molecular weight is 441 g/mol. The standard InChI is InChI=1S/C21H36O5S.K.H/c1-3-4-5-6-7-8-9-10-11-12-13-14-17(2)18-15-20(23)21(16-19(18)22)27(24,25)26;;/h15-17,22-23H,3-14H2,1-2H3,(H,24,25,26);;/q;+1;-1. The molecule has 1 rings (SSSR count). The van der Waals surface area contributed by atoms with Gasteiger partial charge < -0.3 is 11.6 Å². The van der Waals surface area contributed by atoms with Crippen LogP contribution in [0.1, 0.15) is 104 Å². The number of phenolic OH excluding ortho intramolecular Hbond substituents is 2. The topological polar surface area (TPSA) is 94.8 Å². The second kappa shape index (κ2) is 15.2. The van der Waals surface area contributed by atoms with Crippen LogP contribution in [0.2, 0.25) is 0 Å². The van der Waals surface area contributed by atoms with E-state index in [9.17, 15) is 18.6 Å². The van der Waals surface area contributed by atoms with E-state index >= 15 is 0 Å². The van der Waals surface area contributed by atoms with Crippen molar-refractivity contribution in [1.29, 1.82) is 0 Å².